The summed E-state index contributed by atoms with van der Waals surface area (Å²) in [5.74, 6) is -0.647. The Hall–Kier alpha value is -1.64. The molecule has 21 heavy (non-hydrogen) atoms. The quantitative estimate of drug-likeness (QED) is 0.375. The van der Waals surface area contributed by atoms with Crippen LogP contribution < -0.4 is 0 Å². The Morgan fingerprint density at radius 2 is 1.67 bits per heavy atom. The molecule has 0 bridgehead atoms. The molecule has 2 rings (SSSR count). The zero-order valence-corrected chi connectivity index (χ0v) is 13.6. The Labute approximate surface area is 136 Å². The fourth-order valence-electron chi connectivity index (χ4n) is 1.83. The molecule has 0 aromatic heterocycles. The average molecular weight is 328 g/mol. The van der Waals surface area contributed by atoms with Crippen LogP contribution in [0.2, 0.25) is 0 Å². The van der Waals surface area contributed by atoms with Gasteiger partial charge in [-0.05, 0) is 13.8 Å². The van der Waals surface area contributed by atoms with Gasteiger partial charge in [0.05, 0.1) is 7.11 Å². The number of carbonyl (C=O) groups excluding carboxylic acids is 2. The molecule has 2 aromatic rings. The van der Waals surface area contributed by atoms with Crippen molar-refractivity contribution in [2.75, 3.05) is 7.11 Å². The molecule has 1 unspecified atom stereocenters. The molecule has 0 N–H and O–H groups in total. The molecule has 0 saturated carbocycles. The van der Waals surface area contributed by atoms with Crippen LogP contribution in [0.15, 0.2) is 54.6 Å². The van der Waals surface area contributed by atoms with Gasteiger partial charge in [-0.3, -0.25) is 9.59 Å². The number of methoxy groups -OCH3 is 1. The first-order valence-electron chi connectivity index (χ1n) is 6.47. The van der Waals surface area contributed by atoms with Gasteiger partial charge in [-0.1, -0.05) is 6.42 Å². The van der Waals surface area contributed by atoms with E-state index in [4.69, 9.17) is 0 Å². The predicted molar refractivity (Wildman–Crippen MR) is 78.6 cm³/mol. The maximum absolute atomic E-state index is 11.6. The van der Waals surface area contributed by atoms with Crippen molar-refractivity contribution < 1.29 is 31.4 Å². The van der Waals surface area contributed by atoms with Crippen molar-refractivity contribution in [1.82, 2.24) is 0 Å². The van der Waals surface area contributed by atoms with E-state index in [2.05, 4.69) is 4.74 Å². The van der Waals surface area contributed by atoms with Gasteiger partial charge in [-0.15, -0.1) is 0 Å². The van der Waals surface area contributed by atoms with Crippen LogP contribution in [0.4, 0.5) is 0 Å². The minimum Gasteiger partial charge on any atom is -0.468 e. The Morgan fingerprint density at radius 3 is 2.00 bits per heavy atom. The number of ether oxygens (including phenoxy) is 1. The molecular formula is C17H20FeO3. The molecule has 0 fully saturated rings. The summed E-state index contributed by atoms with van der Waals surface area (Å²) < 4.78 is 4.67. The predicted octanol–water partition coefficient (Wildman–Crippen LogP) is 3.12. The van der Waals surface area contributed by atoms with Crippen LogP contribution in [0.5, 0.6) is 0 Å². The molecule has 0 aliphatic heterocycles. The standard InChI is InChI=1S/C12H15O3.C5H5.Fe/c1-9(13)12(2,11(14)15-3)8-10-6-4-5-7-10;1-2-4-5-3-1;/h4-7H,8H2,1-3H3;1-5H;/q2*-1;+2. The number of ketones is 1. The van der Waals surface area contributed by atoms with E-state index >= 15 is 0 Å². The zero-order chi connectivity index (χ0) is 15.0. The summed E-state index contributed by atoms with van der Waals surface area (Å²) in [6.07, 6.45) is 0.391. The third kappa shape index (κ3) is 5.70. The molecule has 3 nitrogen and oxygen atoms in total. The van der Waals surface area contributed by atoms with E-state index in [9.17, 15) is 9.59 Å². The second kappa shape index (κ2) is 9.32. The zero-order valence-electron chi connectivity index (χ0n) is 12.5. The normalized spacial score (nSPS) is 12.1. The fourth-order valence-corrected chi connectivity index (χ4v) is 1.83. The Morgan fingerprint density at radius 1 is 1.14 bits per heavy atom. The smallest absolute Gasteiger partial charge is 0.468 e. The van der Waals surface area contributed by atoms with Crippen LogP contribution >= 0.6 is 0 Å². The number of carbonyl (C=O) groups is 2. The molecular weight excluding hydrogens is 308 g/mol. The third-order valence-corrected chi connectivity index (χ3v) is 3.26. The average Bonchev–Trinajstić information content (AvgIpc) is 3.12. The van der Waals surface area contributed by atoms with Crippen molar-refractivity contribution in [3.8, 4) is 0 Å². The van der Waals surface area contributed by atoms with E-state index in [-0.39, 0.29) is 22.9 Å². The Kier molecular flexibility index (Phi) is 8.60. The van der Waals surface area contributed by atoms with Gasteiger partial charge in [0.25, 0.3) is 0 Å². The topological polar surface area (TPSA) is 43.4 Å². The molecule has 4 heteroatoms. The Bertz CT molecular complexity index is 497. The molecule has 0 saturated heterocycles. The van der Waals surface area contributed by atoms with E-state index in [0.29, 0.717) is 6.42 Å². The van der Waals surface area contributed by atoms with Crippen molar-refractivity contribution in [2.45, 2.75) is 20.3 Å². The van der Waals surface area contributed by atoms with Gasteiger partial charge in [-0.2, -0.15) is 35.9 Å². The molecule has 2 aromatic carbocycles. The number of hydrogen-bond acceptors (Lipinski definition) is 3. The molecule has 0 heterocycles. The third-order valence-electron chi connectivity index (χ3n) is 3.26. The van der Waals surface area contributed by atoms with Crippen molar-refractivity contribution in [1.29, 1.82) is 0 Å². The van der Waals surface area contributed by atoms with Gasteiger partial charge in [0.2, 0.25) is 0 Å². The number of esters is 1. The van der Waals surface area contributed by atoms with E-state index in [1.165, 1.54) is 14.0 Å². The first-order valence-corrected chi connectivity index (χ1v) is 6.47. The van der Waals surface area contributed by atoms with Gasteiger partial charge in [0.1, 0.15) is 11.2 Å². The second-order valence-electron chi connectivity index (χ2n) is 4.81. The summed E-state index contributed by atoms with van der Waals surface area (Å²) in [5, 5.41) is 0. The van der Waals surface area contributed by atoms with E-state index in [0.717, 1.165) is 5.56 Å². The van der Waals surface area contributed by atoms with Gasteiger partial charge < -0.3 is 4.74 Å². The maximum Gasteiger partial charge on any atom is 2.00 e. The molecule has 0 radical (unpaired) electrons. The molecule has 0 spiro atoms. The van der Waals surface area contributed by atoms with Crippen LogP contribution in [0.1, 0.15) is 19.4 Å². The summed E-state index contributed by atoms with van der Waals surface area (Å²) in [7, 11) is 1.30. The van der Waals surface area contributed by atoms with Crippen LogP contribution in [0.25, 0.3) is 0 Å². The summed E-state index contributed by atoms with van der Waals surface area (Å²) >= 11 is 0. The van der Waals surface area contributed by atoms with Crippen molar-refractivity contribution in [2.24, 2.45) is 5.41 Å². The van der Waals surface area contributed by atoms with Gasteiger partial charge in [0, 0.05) is 0 Å². The van der Waals surface area contributed by atoms with Crippen LogP contribution in [-0.2, 0) is 37.8 Å². The molecule has 1 atom stereocenters. The van der Waals surface area contributed by atoms with E-state index < -0.39 is 11.4 Å². The molecule has 114 valence electrons. The van der Waals surface area contributed by atoms with Gasteiger partial charge in [0.15, 0.2) is 0 Å². The monoisotopic (exact) mass is 328 g/mol. The van der Waals surface area contributed by atoms with Crippen molar-refractivity contribution in [3.05, 3.63) is 60.2 Å². The van der Waals surface area contributed by atoms with Crippen LogP contribution in [0.3, 0.4) is 0 Å². The minimum atomic E-state index is -1.07. The number of Topliss-reactive ketones (excluding diaryl/α,β-unsaturated/α-hetero) is 1. The molecule has 0 aliphatic rings. The first kappa shape index (κ1) is 19.4. The van der Waals surface area contributed by atoms with Crippen LogP contribution in [-0.4, -0.2) is 18.9 Å². The number of rotatable bonds is 4. The minimum absolute atomic E-state index is 0. The van der Waals surface area contributed by atoms with Gasteiger partial charge >= 0.3 is 23.0 Å². The molecule has 0 aliphatic carbocycles. The SMILES string of the molecule is COC(=O)C(C)(C[c-]1cccc1)C(C)=O.[Fe+2].c1cc[cH-]c1. The second-order valence-corrected chi connectivity index (χ2v) is 4.81. The largest absolute Gasteiger partial charge is 2.00 e. The molecule has 0 amide bonds. The van der Waals surface area contributed by atoms with Crippen molar-refractivity contribution in [3.63, 3.8) is 0 Å². The maximum atomic E-state index is 11.6. The first-order chi connectivity index (χ1) is 9.50. The number of hydrogen-bond donors (Lipinski definition) is 0. The van der Waals surface area contributed by atoms with Gasteiger partial charge in [-0.25, -0.2) is 24.3 Å². The fraction of sp³-hybridized carbons (Fsp3) is 0.294. The summed E-state index contributed by atoms with van der Waals surface area (Å²) in [6, 6.07) is 17.6. The van der Waals surface area contributed by atoms with Crippen LogP contribution in [0, 0.1) is 5.41 Å². The Balaban J connectivity index is 0.000000562. The van der Waals surface area contributed by atoms with E-state index in [1.54, 1.807) is 6.92 Å². The van der Waals surface area contributed by atoms with E-state index in [1.807, 2.05) is 54.6 Å². The summed E-state index contributed by atoms with van der Waals surface area (Å²) in [6.45, 7) is 3.04. The summed E-state index contributed by atoms with van der Waals surface area (Å²) in [5.41, 5.74) is -0.0959. The summed E-state index contributed by atoms with van der Waals surface area (Å²) in [4.78, 5) is 23.0. The van der Waals surface area contributed by atoms with Crippen molar-refractivity contribution >= 4 is 11.8 Å².